The Morgan fingerprint density at radius 1 is 1.11 bits per heavy atom. The largest absolute Gasteiger partial charge is 0.459 e. The summed E-state index contributed by atoms with van der Waals surface area (Å²) in [5, 5.41) is 0.978. The first-order chi connectivity index (χ1) is 13.5. The first-order valence-corrected chi connectivity index (χ1v) is 9.65. The highest BCUT2D eigenvalue weighted by Gasteiger charge is 2.30. The maximum Gasteiger partial charge on any atom is 0.289 e. The average Bonchev–Trinajstić information content (AvgIpc) is 3.33. The molecule has 1 aliphatic rings. The highest BCUT2D eigenvalue weighted by atomic mass is 16.3. The number of hydrogen-bond acceptors (Lipinski definition) is 4. The van der Waals surface area contributed by atoms with Crippen LogP contribution in [-0.4, -0.2) is 58.7 Å². The number of aryl methyl sites for hydroxylation is 2. The lowest BCUT2D eigenvalue weighted by atomic mass is 10.00. The standard InChI is InChI=1S/C22H25N3O3/c1-14-6-7-17-18(13-14)23-15(2)20(17)21(26)16(3)24-8-10-25(11-9-24)22(27)19-5-4-12-28-19/h4-7,12-13,16,23H,8-11H2,1-3H3/t16-/m1/s1. The fraction of sp³-hybridized carbons (Fsp3) is 0.364. The van der Waals surface area contributed by atoms with Crippen LogP contribution < -0.4 is 0 Å². The molecular formula is C22H25N3O3. The topological polar surface area (TPSA) is 69.6 Å². The van der Waals surface area contributed by atoms with Crippen LogP contribution in [0.2, 0.25) is 0 Å². The molecule has 0 saturated carbocycles. The summed E-state index contributed by atoms with van der Waals surface area (Å²) in [6.45, 7) is 8.46. The zero-order chi connectivity index (χ0) is 19.8. The van der Waals surface area contributed by atoms with Gasteiger partial charge in [-0.05, 0) is 44.5 Å². The third kappa shape index (κ3) is 3.24. The van der Waals surface area contributed by atoms with Crippen molar-refractivity contribution in [2.75, 3.05) is 26.2 Å². The van der Waals surface area contributed by atoms with Crippen molar-refractivity contribution in [1.82, 2.24) is 14.8 Å². The Morgan fingerprint density at radius 3 is 2.54 bits per heavy atom. The van der Waals surface area contributed by atoms with Crippen molar-refractivity contribution >= 4 is 22.6 Å². The number of H-pyrrole nitrogens is 1. The van der Waals surface area contributed by atoms with Crippen LogP contribution in [0.15, 0.2) is 41.0 Å². The van der Waals surface area contributed by atoms with Gasteiger partial charge in [0.25, 0.3) is 5.91 Å². The second-order valence-electron chi connectivity index (χ2n) is 7.52. The lowest BCUT2D eigenvalue weighted by Crippen LogP contribution is -2.53. The SMILES string of the molecule is Cc1ccc2c(C(=O)[C@@H](C)N3CCN(C(=O)c4ccco4)CC3)c(C)[nH]c2c1. The summed E-state index contributed by atoms with van der Waals surface area (Å²) in [7, 11) is 0. The number of piperazine rings is 1. The van der Waals surface area contributed by atoms with E-state index in [2.05, 4.69) is 16.0 Å². The molecule has 0 radical (unpaired) electrons. The van der Waals surface area contributed by atoms with E-state index in [4.69, 9.17) is 4.42 Å². The first-order valence-electron chi connectivity index (χ1n) is 9.65. The molecule has 1 atom stereocenters. The lowest BCUT2D eigenvalue weighted by molar-refractivity contribution is 0.0529. The van der Waals surface area contributed by atoms with Gasteiger partial charge in [-0.2, -0.15) is 0 Å². The van der Waals surface area contributed by atoms with Gasteiger partial charge in [0.05, 0.1) is 12.3 Å². The molecule has 0 spiro atoms. The number of carbonyl (C=O) groups is 2. The van der Waals surface area contributed by atoms with Gasteiger partial charge in [0.2, 0.25) is 0 Å². The summed E-state index contributed by atoms with van der Waals surface area (Å²) in [6.07, 6.45) is 1.51. The molecule has 6 heteroatoms. The van der Waals surface area contributed by atoms with Crippen LogP contribution in [0.1, 0.15) is 39.1 Å². The van der Waals surface area contributed by atoms with E-state index < -0.39 is 0 Å². The molecule has 28 heavy (non-hydrogen) atoms. The Hall–Kier alpha value is -2.86. The number of hydrogen-bond donors (Lipinski definition) is 1. The van der Waals surface area contributed by atoms with E-state index in [1.807, 2.05) is 32.9 Å². The number of carbonyl (C=O) groups excluding carboxylic acids is 2. The van der Waals surface area contributed by atoms with Crippen LogP contribution in [0.3, 0.4) is 0 Å². The maximum atomic E-state index is 13.3. The van der Waals surface area contributed by atoms with Gasteiger partial charge < -0.3 is 14.3 Å². The molecule has 0 unspecified atom stereocenters. The molecule has 6 nitrogen and oxygen atoms in total. The molecule has 0 aliphatic carbocycles. The number of Topliss-reactive ketones (excluding diaryl/α,β-unsaturated/α-hetero) is 1. The molecule has 4 rings (SSSR count). The molecular weight excluding hydrogens is 354 g/mol. The molecule has 0 bridgehead atoms. The zero-order valence-electron chi connectivity index (χ0n) is 16.5. The van der Waals surface area contributed by atoms with Gasteiger partial charge >= 0.3 is 0 Å². The minimum absolute atomic E-state index is 0.0912. The first kappa shape index (κ1) is 18.5. The number of furan rings is 1. The van der Waals surface area contributed by atoms with E-state index in [1.165, 1.54) is 6.26 Å². The van der Waals surface area contributed by atoms with Crippen LogP contribution >= 0.6 is 0 Å². The monoisotopic (exact) mass is 379 g/mol. The van der Waals surface area contributed by atoms with Gasteiger partial charge in [-0.3, -0.25) is 14.5 Å². The predicted molar refractivity (Wildman–Crippen MR) is 108 cm³/mol. The van der Waals surface area contributed by atoms with Crippen LogP contribution in [-0.2, 0) is 0 Å². The molecule has 3 aromatic rings. The molecule has 1 aromatic carbocycles. The number of benzene rings is 1. The fourth-order valence-corrected chi connectivity index (χ4v) is 4.01. The van der Waals surface area contributed by atoms with E-state index in [9.17, 15) is 9.59 Å². The zero-order valence-corrected chi connectivity index (χ0v) is 16.5. The Labute approximate surface area is 164 Å². The number of rotatable bonds is 4. The summed E-state index contributed by atoms with van der Waals surface area (Å²) >= 11 is 0. The van der Waals surface area contributed by atoms with E-state index in [-0.39, 0.29) is 17.7 Å². The molecule has 2 aromatic heterocycles. The summed E-state index contributed by atoms with van der Waals surface area (Å²) in [4.78, 5) is 33.0. The van der Waals surface area contributed by atoms with Gasteiger partial charge in [0.1, 0.15) is 0 Å². The van der Waals surface area contributed by atoms with Crippen molar-refractivity contribution in [2.45, 2.75) is 26.8 Å². The van der Waals surface area contributed by atoms with Gasteiger partial charge in [0.15, 0.2) is 11.5 Å². The van der Waals surface area contributed by atoms with E-state index in [0.717, 1.165) is 27.7 Å². The second-order valence-corrected chi connectivity index (χ2v) is 7.52. The summed E-state index contributed by atoms with van der Waals surface area (Å²) in [5.74, 6) is 0.396. The number of fused-ring (bicyclic) bond motifs is 1. The molecule has 1 amide bonds. The normalized spacial score (nSPS) is 16.5. The van der Waals surface area contributed by atoms with Crippen molar-refractivity contribution in [3.8, 4) is 0 Å². The molecule has 1 aliphatic heterocycles. The minimum Gasteiger partial charge on any atom is -0.459 e. The number of nitrogens with one attached hydrogen (secondary N) is 1. The number of ketones is 1. The number of aromatic nitrogens is 1. The fourth-order valence-electron chi connectivity index (χ4n) is 4.01. The lowest BCUT2D eigenvalue weighted by Gasteiger charge is -2.37. The van der Waals surface area contributed by atoms with Crippen molar-refractivity contribution in [3.05, 3.63) is 59.2 Å². The molecule has 1 fully saturated rings. The third-order valence-corrected chi connectivity index (χ3v) is 5.65. The summed E-state index contributed by atoms with van der Waals surface area (Å²) in [6, 6.07) is 9.30. The Kier molecular flexibility index (Phi) is 4.81. The van der Waals surface area contributed by atoms with Gasteiger partial charge in [-0.25, -0.2) is 0 Å². The smallest absolute Gasteiger partial charge is 0.289 e. The van der Waals surface area contributed by atoms with Crippen LogP contribution in [0.4, 0.5) is 0 Å². The van der Waals surface area contributed by atoms with Crippen molar-refractivity contribution < 1.29 is 14.0 Å². The van der Waals surface area contributed by atoms with Crippen molar-refractivity contribution in [3.63, 3.8) is 0 Å². The summed E-state index contributed by atoms with van der Waals surface area (Å²) in [5.41, 5.74) is 3.85. The number of aromatic amines is 1. The van der Waals surface area contributed by atoms with E-state index in [0.29, 0.717) is 31.9 Å². The number of amides is 1. The maximum absolute atomic E-state index is 13.3. The Bertz CT molecular complexity index is 1010. The third-order valence-electron chi connectivity index (χ3n) is 5.65. The molecule has 1 N–H and O–H groups in total. The Morgan fingerprint density at radius 2 is 1.86 bits per heavy atom. The Balaban J connectivity index is 1.47. The van der Waals surface area contributed by atoms with Crippen molar-refractivity contribution in [2.24, 2.45) is 0 Å². The highest BCUT2D eigenvalue weighted by molar-refractivity contribution is 6.11. The van der Waals surface area contributed by atoms with Gasteiger partial charge in [-0.15, -0.1) is 0 Å². The predicted octanol–water partition coefficient (Wildman–Crippen LogP) is 3.41. The highest BCUT2D eigenvalue weighted by Crippen LogP contribution is 2.26. The van der Waals surface area contributed by atoms with Crippen LogP contribution in [0.25, 0.3) is 10.9 Å². The molecule has 146 valence electrons. The van der Waals surface area contributed by atoms with E-state index in [1.54, 1.807) is 17.0 Å². The van der Waals surface area contributed by atoms with Gasteiger partial charge in [-0.1, -0.05) is 12.1 Å². The van der Waals surface area contributed by atoms with Crippen molar-refractivity contribution in [1.29, 1.82) is 0 Å². The minimum atomic E-state index is -0.236. The molecule has 3 heterocycles. The number of nitrogens with zero attached hydrogens (tertiary/aromatic N) is 2. The summed E-state index contributed by atoms with van der Waals surface area (Å²) < 4.78 is 5.21. The quantitative estimate of drug-likeness (QED) is 0.706. The average molecular weight is 379 g/mol. The van der Waals surface area contributed by atoms with Crippen LogP contribution in [0, 0.1) is 13.8 Å². The molecule has 1 saturated heterocycles. The van der Waals surface area contributed by atoms with Gasteiger partial charge in [0, 0.05) is 48.3 Å². The van der Waals surface area contributed by atoms with Crippen LogP contribution in [0.5, 0.6) is 0 Å². The second kappa shape index (κ2) is 7.28. The van der Waals surface area contributed by atoms with E-state index >= 15 is 0 Å².